The van der Waals surface area contributed by atoms with Crippen molar-refractivity contribution in [2.45, 2.75) is 6.04 Å². The first-order valence-corrected chi connectivity index (χ1v) is 5.54. The van der Waals surface area contributed by atoms with Crippen molar-refractivity contribution in [2.24, 2.45) is 5.84 Å². The molecule has 0 fully saturated rings. The summed E-state index contributed by atoms with van der Waals surface area (Å²) in [5.41, 5.74) is 2.63. The molecule has 0 spiro atoms. The van der Waals surface area contributed by atoms with Gasteiger partial charge in [-0.05, 0) is 17.7 Å². The molecule has 5 nitrogen and oxygen atoms in total. The van der Waals surface area contributed by atoms with Gasteiger partial charge in [-0.3, -0.25) is 10.8 Å². The lowest BCUT2D eigenvalue weighted by molar-refractivity contribution is 0.382. The maximum Gasteiger partial charge on any atom is 0.237 e. The first-order chi connectivity index (χ1) is 9.58. The van der Waals surface area contributed by atoms with Crippen LogP contribution in [0.1, 0.15) is 17.3 Å². The van der Waals surface area contributed by atoms with Gasteiger partial charge in [-0.1, -0.05) is 0 Å². The standard InChI is InChI=1S/C12H11F3N4O/c1-20-12-11(17-2-3-18-12)10(19-16)6-4-7(13)9(15)8(14)5-6/h2-5,10,19H,16H2,1H3. The van der Waals surface area contributed by atoms with Crippen LogP contribution in [0.15, 0.2) is 24.5 Å². The highest BCUT2D eigenvalue weighted by Crippen LogP contribution is 2.27. The summed E-state index contributed by atoms with van der Waals surface area (Å²) in [7, 11) is 1.37. The quantitative estimate of drug-likeness (QED) is 0.505. The summed E-state index contributed by atoms with van der Waals surface area (Å²) in [6, 6.07) is 0.761. The molecule has 0 amide bonds. The lowest BCUT2D eigenvalue weighted by Crippen LogP contribution is -2.30. The number of aromatic nitrogens is 2. The van der Waals surface area contributed by atoms with Crippen molar-refractivity contribution in [2.75, 3.05) is 7.11 Å². The zero-order chi connectivity index (χ0) is 14.7. The second-order valence-electron chi connectivity index (χ2n) is 3.85. The normalized spacial score (nSPS) is 12.2. The van der Waals surface area contributed by atoms with Crippen molar-refractivity contribution < 1.29 is 17.9 Å². The third kappa shape index (κ3) is 2.56. The van der Waals surface area contributed by atoms with E-state index < -0.39 is 23.5 Å². The number of hydrogen-bond acceptors (Lipinski definition) is 5. The smallest absolute Gasteiger partial charge is 0.237 e. The lowest BCUT2D eigenvalue weighted by Gasteiger charge is -2.17. The van der Waals surface area contributed by atoms with Crippen LogP contribution in [-0.2, 0) is 0 Å². The van der Waals surface area contributed by atoms with Crippen molar-refractivity contribution in [3.05, 3.63) is 53.2 Å². The molecule has 0 radical (unpaired) electrons. The third-order valence-corrected chi connectivity index (χ3v) is 2.66. The maximum atomic E-state index is 13.3. The Kier molecular flexibility index (Phi) is 4.16. The fourth-order valence-corrected chi connectivity index (χ4v) is 1.77. The van der Waals surface area contributed by atoms with Gasteiger partial charge in [0.1, 0.15) is 5.69 Å². The van der Waals surface area contributed by atoms with Crippen LogP contribution < -0.4 is 16.0 Å². The second-order valence-corrected chi connectivity index (χ2v) is 3.85. The van der Waals surface area contributed by atoms with E-state index in [0.29, 0.717) is 0 Å². The number of nitrogens with two attached hydrogens (primary N) is 1. The van der Waals surface area contributed by atoms with Crippen LogP contribution >= 0.6 is 0 Å². The Morgan fingerprint density at radius 2 is 1.75 bits per heavy atom. The maximum absolute atomic E-state index is 13.3. The van der Waals surface area contributed by atoms with E-state index >= 15 is 0 Å². The van der Waals surface area contributed by atoms with Crippen molar-refractivity contribution in [1.82, 2.24) is 15.4 Å². The van der Waals surface area contributed by atoms with Gasteiger partial charge in [0.25, 0.3) is 0 Å². The fraction of sp³-hybridized carbons (Fsp3) is 0.167. The molecule has 0 saturated heterocycles. The molecule has 2 aromatic rings. The predicted octanol–water partition coefficient (Wildman–Crippen LogP) is 1.46. The molecular weight excluding hydrogens is 273 g/mol. The molecule has 1 aromatic heterocycles. The number of nitrogens with zero attached hydrogens (tertiary/aromatic N) is 2. The summed E-state index contributed by atoms with van der Waals surface area (Å²) < 4.78 is 44.5. The van der Waals surface area contributed by atoms with Crippen molar-refractivity contribution >= 4 is 0 Å². The first kappa shape index (κ1) is 14.2. The van der Waals surface area contributed by atoms with Gasteiger partial charge in [-0.25, -0.2) is 23.6 Å². The zero-order valence-electron chi connectivity index (χ0n) is 10.4. The van der Waals surface area contributed by atoms with Gasteiger partial charge in [0, 0.05) is 12.4 Å². The van der Waals surface area contributed by atoms with Crippen molar-refractivity contribution in [1.29, 1.82) is 0 Å². The summed E-state index contributed by atoms with van der Waals surface area (Å²) in [5, 5.41) is 0. The molecule has 20 heavy (non-hydrogen) atoms. The van der Waals surface area contributed by atoms with Gasteiger partial charge in [-0.15, -0.1) is 0 Å². The van der Waals surface area contributed by atoms with Gasteiger partial charge in [0.2, 0.25) is 5.88 Å². The molecule has 0 saturated carbocycles. The average molecular weight is 284 g/mol. The average Bonchev–Trinajstić information content (AvgIpc) is 2.46. The Hall–Kier alpha value is -2.19. The molecule has 106 valence electrons. The summed E-state index contributed by atoms with van der Waals surface area (Å²) in [4.78, 5) is 7.92. The molecule has 1 unspecified atom stereocenters. The van der Waals surface area contributed by atoms with Crippen LogP contribution in [-0.4, -0.2) is 17.1 Å². The molecule has 0 bridgehead atoms. The Bertz CT molecular complexity index is 600. The molecule has 2 rings (SSSR count). The zero-order valence-corrected chi connectivity index (χ0v) is 10.4. The van der Waals surface area contributed by atoms with Gasteiger partial charge < -0.3 is 4.74 Å². The number of ether oxygens (including phenoxy) is 1. The van der Waals surface area contributed by atoms with E-state index in [9.17, 15) is 13.2 Å². The number of hydrogen-bond donors (Lipinski definition) is 2. The summed E-state index contributed by atoms with van der Waals surface area (Å²) in [6.07, 6.45) is 2.76. The monoisotopic (exact) mass is 284 g/mol. The van der Waals surface area contributed by atoms with Gasteiger partial charge in [-0.2, -0.15) is 0 Å². The predicted molar refractivity (Wildman–Crippen MR) is 64.1 cm³/mol. The number of benzene rings is 1. The van der Waals surface area contributed by atoms with E-state index in [0.717, 1.165) is 12.1 Å². The highest BCUT2D eigenvalue weighted by atomic mass is 19.2. The molecule has 0 aliphatic rings. The largest absolute Gasteiger partial charge is 0.480 e. The van der Waals surface area contributed by atoms with Gasteiger partial charge in [0.05, 0.1) is 13.2 Å². The Labute approximate surface area is 112 Å². The minimum absolute atomic E-state index is 0.0581. The summed E-state index contributed by atoms with van der Waals surface area (Å²) >= 11 is 0. The molecule has 1 heterocycles. The molecule has 0 aliphatic carbocycles. The topological polar surface area (TPSA) is 73.1 Å². The van der Waals surface area contributed by atoms with Crippen molar-refractivity contribution in [3.63, 3.8) is 0 Å². The van der Waals surface area contributed by atoms with Crippen LogP contribution in [0.3, 0.4) is 0 Å². The minimum Gasteiger partial charge on any atom is -0.480 e. The summed E-state index contributed by atoms with van der Waals surface area (Å²) in [6.45, 7) is 0. The van der Waals surface area contributed by atoms with Crippen LogP contribution in [0.2, 0.25) is 0 Å². The highest BCUT2D eigenvalue weighted by Gasteiger charge is 2.22. The Balaban J connectivity index is 2.52. The first-order valence-electron chi connectivity index (χ1n) is 5.54. The fourth-order valence-electron chi connectivity index (χ4n) is 1.77. The third-order valence-electron chi connectivity index (χ3n) is 2.66. The second kappa shape index (κ2) is 5.85. The van der Waals surface area contributed by atoms with Crippen LogP contribution in [0.25, 0.3) is 0 Å². The van der Waals surface area contributed by atoms with Crippen LogP contribution in [0.4, 0.5) is 13.2 Å². The molecule has 1 aromatic carbocycles. The summed E-state index contributed by atoms with van der Waals surface area (Å²) in [5.74, 6) is 1.35. The van der Waals surface area contributed by atoms with Crippen LogP contribution in [0, 0.1) is 17.5 Å². The SMILES string of the molecule is COc1nccnc1C(NN)c1cc(F)c(F)c(F)c1. The van der Waals surface area contributed by atoms with E-state index in [1.54, 1.807) is 0 Å². The Morgan fingerprint density at radius 1 is 1.15 bits per heavy atom. The molecule has 3 N–H and O–H groups in total. The van der Waals surface area contributed by atoms with E-state index in [1.165, 1.54) is 19.5 Å². The number of methoxy groups -OCH3 is 1. The Morgan fingerprint density at radius 3 is 2.30 bits per heavy atom. The van der Waals surface area contributed by atoms with E-state index in [2.05, 4.69) is 15.4 Å². The van der Waals surface area contributed by atoms with E-state index in [-0.39, 0.29) is 17.1 Å². The van der Waals surface area contributed by atoms with E-state index in [1.807, 2.05) is 0 Å². The highest BCUT2D eigenvalue weighted by molar-refractivity contribution is 5.33. The van der Waals surface area contributed by atoms with Gasteiger partial charge in [0.15, 0.2) is 17.5 Å². The molecule has 8 heteroatoms. The molecule has 0 aliphatic heterocycles. The molecular formula is C12H11F3N4O. The number of rotatable bonds is 4. The lowest BCUT2D eigenvalue weighted by atomic mass is 10.0. The van der Waals surface area contributed by atoms with Gasteiger partial charge >= 0.3 is 0 Å². The minimum atomic E-state index is -1.55. The number of halogens is 3. The van der Waals surface area contributed by atoms with Crippen molar-refractivity contribution in [3.8, 4) is 5.88 Å². The number of nitrogens with one attached hydrogen (secondary N) is 1. The molecule has 1 atom stereocenters. The number of hydrazine groups is 1. The van der Waals surface area contributed by atoms with E-state index in [4.69, 9.17) is 10.6 Å². The van der Waals surface area contributed by atoms with Crippen LogP contribution in [0.5, 0.6) is 5.88 Å².